The molecule has 5 nitrogen and oxygen atoms in total. The van der Waals surface area contributed by atoms with Gasteiger partial charge >= 0.3 is 5.97 Å². The second-order valence-corrected chi connectivity index (χ2v) is 3.95. The highest BCUT2D eigenvalue weighted by molar-refractivity contribution is 5.91. The number of nitrogens with zero attached hydrogens (tertiary/aromatic N) is 2. The van der Waals surface area contributed by atoms with Crippen LogP contribution in [0.25, 0.3) is 6.08 Å². The number of hydrogen-bond acceptors (Lipinski definition) is 4. The third-order valence-corrected chi connectivity index (χ3v) is 2.52. The maximum absolute atomic E-state index is 10.7. The molecule has 0 saturated carbocycles. The topological polar surface area (TPSA) is 82.2 Å². The first-order valence-corrected chi connectivity index (χ1v) is 5.85. The van der Waals surface area contributed by atoms with Crippen molar-refractivity contribution in [1.29, 1.82) is 0 Å². The van der Waals surface area contributed by atoms with Crippen LogP contribution in [0.4, 0.5) is 5.69 Å². The van der Waals surface area contributed by atoms with Crippen LogP contribution in [-0.4, -0.2) is 16.2 Å². The number of rotatable bonds is 4. The van der Waals surface area contributed by atoms with Crippen molar-refractivity contribution in [1.82, 2.24) is 0 Å². The summed E-state index contributed by atoms with van der Waals surface area (Å²) in [5, 5.41) is 26.0. The lowest BCUT2D eigenvalue weighted by Gasteiger charge is -1.98. The van der Waals surface area contributed by atoms with Gasteiger partial charge in [-0.1, -0.05) is 30.3 Å². The number of carbonyl (C=O) groups is 1. The SMILES string of the molecule is O=C(O)c1ccc(N=NC=Cc2ccccc2)cc1O. The lowest BCUT2D eigenvalue weighted by Crippen LogP contribution is -1.95. The van der Waals surface area contributed by atoms with E-state index in [0.717, 1.165) is 5.56 Å². The first-order valence-electron chi connectivity index (χ1n) is 5.85. The molecular formula is C15H12N2O3. The number of azo groups is 1. The molecular weight excluding hydrogens is 256 g/mol. The average molecular weight is 268 g/mol. The highest BCUT2D eigenvalue weighted by Gasteiger charge is 2.08. The van der Waals surface area contributed by atoms with Crippen LogP contribution < -0.4 is 0 Å². The number of carboxylic acid groups (broad SMARTS) is 1. The Morgan fingerprint density at radius 1 is 1.10 bits per heavy atom. The first kappa shape index (κ1) is 13.5. The number of benzene rings is 2. The molecule has 2 aromatic carbocycles. The summed E-state index contributed by atoms with van der Waals surface area (Å²) in [4.78, 5) is 10.7. The van der Waals surface area contributed by atoms with Gasteiger partial charge in [0.25, 0.3) is 0 Å². The molecule has 0 bridgehead atoms. The Kier molecular flexibility index (Phi) is 4.24. The molecule has 5 heteroatoms. The van der Waals surface area contributed by atoms with Crippen molar-refractivity contribution in [2.24, 2.45) is 10.2 Å². The van der Waals surface area contributed by atoms with Gasteiger partial charge in [-0.3, -0.25) is 0 Å². The predicted octanol–water partition coefficient (Wildman–Crippen LogP) is 3.85. The molecule has 0 amide bonds. The molecule has 0 radical (unpaired) electrons. The molecule has 2 aromatic rings. The molecule has 2 N–H and O–H groups in total. The van der Waals surface area contributed by atoms with Gasteiger partial charge in [0.2, 0.25) is 0 Å². The van der Waals surface area contributed by atoms with E-state index >= 15 is 0 Å². The number of aromatic hydroxyl groups is 1. The van der Waals surface area contributed by atoms with Gasteiger partial charge in [0.05, 0.1) is 11.9 Å². The van der Waals surface area contributed by atoms with E-state index in [1.165, 1.54) is 24.4 Å². The van der Waals surface area contributed by atoms with Crippen molar-refractivity contribution in [2.45, 2.75) is 0 Å². The molecule has 0 atom stereocenters. The summed E-state index contributed by atoms with van der Waals surface area (Å²) in [6, 6.07) is 13.6. The third-order valence-electron chi connectivity index (χ3n) is 2.52. The van der Waals surface area contributed by atoms with Crippen molar-refractivity contribution in [3.05, 3.63) is 65.9 Å². The number of phenols is 1. The van der Waals surface area contributed by atoms with Crippen LogP contribution in [0.2, 0.25) is 0 Å². The monoisotopic (exact) mass is 268 g/mol. The zero-order chi connectivity index (χ0) is 14.4. The number of aromatic carboxylic acids is 1. The van der Waals surface area contributed by atoms with Crippen molar-refractivity contribution in [2.75, 3.05) is 0 Å². The van der Waals surface area contributed by atoms with Gasteiger partial charge in [0, 0.05) is 6.07 Å². The second kappa shape index (κ2) is 6.29. The molecule has 100 valence electrons. The van der Waals surface area contributed by atoms with E-state index in [4.69, 9.17) is 5.11 Å². The zero-order valence-electron chi connectivity index (χ0n) is 10.5. The Hall–Kier alpha value is -2.95. The van der Waals surface area contributed by atoms with Crippen molar-refractivity contribution >= 4 is 17.7 Å². The fourth-order valence-electron chi connectivity index (χ4n) is 1.55. The molecule has 0 heterocycles. The van der Waals surface area contributed by atoms with E-state index < -0.39 is 5.97 Å². The summed E-state index contributed by atoms with van der Waals surface area (Å²) in [7, 11) is 0. The molecule has 0 aliphatic heterocycles. The minimum atomic E-state index is -1.19. The van der Waals surface area contributed by atoms with Gasteiger partial charge < -0.3 is 10.2 Å². The van der Waals surface area contributed by atoms with E-state index in [9.17, 15) is 9.90 Å². The highest BCUT2D eigenvalue weighted by atomic mass is 16.4. The maximum Gasteiger partial charge on any atom is 0.339 e. The second-order valence-electron chi connectivity index (χ2n) is 3.95. The van der Waals surface area contributed by atoms with Crippen molar-refractivity contribution in [3.63, 3.8) is 0 Å². The summed E-state index contributed by atoms with van der Waals surface area (Å²) in [6.07, 6.45) is 3.31. The smallest absolute Gasteiger partial charge is 0.339 e. The van der Waals surface area contributed by atoms with Crippen LogP contribution in [0, 0.1) is 0 Å². The molecule has 0 spiro atoms. The van der Waals surface area contributed by atoms with Crippen LogP contribution >= 0.6 is 0 Å². The van der Waals surface area contributed by atoms with Crippen molar-refractivity contribution in [3.8, 4) is 5.75 Å². The van der Waals surface area contributed by atoms with Crippen molar-refractivity contribution < 1.29 is 15.0 Å². The molecule has 0 aliphatic carbocycles. The normalized spacial score (nSPS) is 11.2. The Bertz CT molecular complexity index is 664. The van der Waals surface area contributed by atoms with Crippen LogP contribution in [0.3, 0.4) is 0 Å². The summed E-state index contributed by atoms with van der Waals surface area (Å²) >= 11 is 0. The average Bonchev–Trinajstić information content (AvgIpc) is 2.44. The van der Waals surface area contributed by atoms with E-state index in [-0.39, 0.29) is 11.3 Å². The molecule has 20 heavy (non-hydrogen) atoms. The van der Waals surface area contributed by atoms with E-state index in [1.54, 1.807) is 6.08 Å². The van der Waals surface area contributed by atoms with E-state index in [2.05, 4.69) is 10.2 Å². The van der Waals surface area contributed by atoms with Crippen LogP contribution in [0.15, 0.2) is 65.0 Å². The van der Waals surface area contributed by atoms with Gasteiger partial charge in [0.15, 0.2) is 0 Å². The first-order chi connectivity index (χ1) is 9.66. The third kappa shape index (κ3) is 3.52. The lowest BCUT2D eigenvalue weighted by atomic mass is 10.2. The largest absolute Gasteiger partial charge is 0.507 e. The highest BCUT2D eigenvalue weighted by Crippen LogP contribution is 2.24. The van der Waals surface area contributed by atoms with Gasteiger partial charge in [0.1, 0.15) is 11.3 Å². The Morgan fingerprint density at radius 3 is 2.50 bits per heavy atom. The maximum atomic E-state index is 10.7. The van der Waals surface area contributed by atoms with Gasteiger partial charge in [-0.15, -0.1) is 0 Å². The summed E-state index contributed by atoms with van der Waals surface area (Å²) in [5.41, 5.74) is 1.21. The molecule has 0 aliphatic rings. The fraction of sp³-hybridized carbons (Fsp3) is 0. The molecule has 2 rings (SSSR count). The Balaban J connectivity index is 2.07. The minimum Gasteiger partial charge on any atom is -0.507 e. The molecule has 0 saturated heterocycles. The number of carboxylic acids is 1. The van der Waals surface area contributed by atoms with Crippen LogP contribution in [0.1, 0.15) is 15.9 Å². The molecule has 0 aromatic heterocycles. The Labute approximate surface area is 115 Å². The Morgan fingerprint density at radius 2 is 1.85 bits per heavy atom. The van der Waals surface area contributed by atoms with E-state index in [1.807, 2.05) is 30.3 Å². The molecule has 0 unspecified atom stereocenters. The quantitative estimate of drug-likeness (QED) is 0.826. The number of hydrogen-bond donors (Lipinski definition) is 2. The van der Waals surface area contributed by atoms with Gasteiger partial charge in [-0.25, -0.2) is 4.79 Å². The summed E-state index contributed by atoms with van der Waals surface area (Å²) < 4.78 is 0. The van der Waals surface area contributed by atoms with Crippen LogP contribution in [0.5, 0.6) is 5.75 Å². The van der Waals surface area contributed by atoms with Gasteiger partial charge in [-0.05, 0) is 23.8 Å². The lowest BCUT2D eigenvalue weighted by molar-refractivity contribution is 0.0694. The standard InChI is InChI=1S/C15H12N2O3/c18-14-10-12(6-7-13(14)15(19)20)17-16-9-8-11-4-2-1-3-5-11/h1-10,18H,(H,19,20). The minimum absolute atomic E-state index is 0.163. The predicted molar refractivity (Wildman–Crippen MR) is 75.1 cm³/mol. The van der Waals surface area contributed by atoms with E-state index in [0.29, 0.717) is 5.69 Å². The van der Waals surface area contributed by atoms with Crippen LogP contribution in [-0.2, 0) is 0 Å². The summed E-state index contributed by atoms with van der Waals surface area (Å²) in [5.74, 6) is -1.52. The fourth-order valence-corrected chi connectivity index (χ4v) is 1.55. The summed E-state index contributed by atoms with van der Waals surface area (Å²) in [6.45, 7) is 0. The van der Waals surface area contributed by atoms with Gasteiger partial charge in [-0.2, -0.15) is 10.2 Å². The zero-order valence-corrected chi connectivity index (χ0v) is 10.5. The molecule has 0 fully saturated rings.